The van der Waals surface area contributed by atoms with Gasteiger partial charge in [0.1, 0.15) is 12.2 Å². The number of rotatable bonds is 5. The fraction of sp³-hybridized carbons (Fsp3) is 1.00. The fourth-order valence-corrected chi connectivity index (χ4v) is 0.892. The first kappa shape index (κ1) is 11.8. The molecule has 0 saturated heterocycles. The Hall–Kier alpha value is -0.160. The molecule has 0 spiro atoms. The standard InChI is InChI=1S/C8H18O4/c1-5(2)12-7(4-9)8(11)6(3)10/h5-11H,4H2,1-3H3/t6-,7?,8?/m1/s1. The summed E-state index contributed by atoms with van der Waals surface area (Å²) in [6.07, 6.45) is -2.70. The second-order valence-electron chi connectivity index (χ2n) is 3.14. The Labute approximate surface area is 72.8 Å². The highest BCUT2D eigenvalue weighted by Gasteiger charge is 2.24. The van der Waals surface area contributed by atoms with E-state index in [0.717, 1.165) is 0 Å². The Morgan fingerprint density at radius 1 is 1.17 bits per heavy atom. The molecule has 0 radical (unpaired) electrons. The molecule has 3 atom stereocenters. The molecule has 12 heavy (non-hydrogen) atoms. The molecule has 0 aliphatic rings. The highest BCUT2D eigenvalue weighted by Crippen LogP contribution is 2.06. The maximum atomic E-state index is 9.30. The average Bonchev–Trinajstić information content (AvgIpc) is 1.98. The van der Waals surface area contributed by atoms with Crippen LogP contribution in [-0.4, -0.2) is 46.3 Å². The Morgan fingerprint density at radius 2 is 1.67 bits per heavy atom. The predicted octanol–water partition coefficient (Wildman–Crippen LogP) is -0.486. The molecule has 0 fully saturated rings. The molecule has 0 aliphatic carbocycles. The van der Waals surface area contributed by atoms with Gasteiger partial charge in [-0.15, -0.1) is 0 Å². The quantitative estimate of drug-likeness (QED) is 0.531. The summed E-state index contributed by atoms with van der Waals surface area (Å²) in [5.41, 5.74) is 0. The van der Waals surface area contributed by atoms with Crippen molar-refractivity contribution in [2.24, 2.45) is 0 Å². The van der Waals surface area contributed by atoms with Gasteiger partial charge < -0.3 is 20.1 Å². The lowest BCUT2D eigenvalue weighted by Gasteiger charge is -2.25. The number of hydrogen-bond acceptors (Lipinski definition) is 4. The van der Waals surface area contributed by atoms with Crippen LogP contribution in [0.1, 0.15) is 20.8 Å². The largest absolute Gasteiger partial charge is 0.394 e. The van der Waals surface area contributed by atoms with Gasteiger partial charge >= 0.3 is 0 Å². The van der Waals surface area contributed by atoms with Crippen molar-refractivity contribution in [1.82, 2.24) is 0 Å². The molecular formula is C8H18O4. The van der Waals surface area contributed by atoms with Gasteiger partial charge in [-0.2, -0.15) is 0 Å². The molecule has 74 valence electrons. The van der Waals surface area contributed by atoms with E-state index in [1.165, 1.54) is 6.92 Å². The summed E-state index contributed by atoms with van der Waals surface area (Å²) in [6, 6.07) is 0. The molecule has 0 aromatic rings. The Balaban J connectivity index is 3.96. The minimum Gasteiger partial charge on any atom is -0.394 e. The topological polar surface area (TPSA) is 69.9 Å². The first-order chi connectivity index (χ1) is 5.49. The fourth-order valence-electron chi connectivity index (χ4n) is 0.892. The third kappa shape index (κ3) is 4.01. The number of aliphatic hydroxyl groups excluding tert-OH is 3. The van der Waals surface area contributed by atoms with E-state index in [4.69, 9.17) is 14.9 Å². The van der Waals surface area contributed by atoms with Crippen molar-refractivity contribution in [1.29, 1.82) is 0 Å². The van der Waals surface area contributed by atoms with E-state index in [2.05, 4.69) is 0 Å². The summed E-state index contributed by atoms with van der Waals surface area (Å²) in [5, 5.41) is 27.1. The van der Waals surface area contributed by atoms with E-state index in [9.17, 15) is 5.11 Å². The van der Waals surface area contributed by atoms with Crippen molar-refractivity contribution in [3.05, 3.63) is 0 Å². The molecular weight excluding hydrogens is 160 g/mol. The number of ether oxygens (including phenoxy) is 1. The van der Waals surface area contributed by atoms with Crippen LogP contribution in [0.3, 0.4) is 0 Å². The maximum absolute atomic E-state index is 9.30. The van der Waals surface area contributed by atoms with Gasteiger partial charge in [-0.25, -0.2) is 0 Å². The maximum Gasteiger partial charge on any atom is 0.109 e. The second kappa shape index (κ2) is 5.48. The van der Waals surface area contributed by atoms with E-state index in [-0.39, 0.29) is 12.7 Å². The van der Waals surface area contributed by atoms with E-state index in [0.29, 0.717) is 0 Å². The van der Waals surface area contributed by atoms with Crippen LogP contribution in [0.4, 0.5) is 0 Å². The zero-order valence-corrected chi connectivity index (χ0v) is 7.77. The number of aliphatic hydroxyl groups is 3. The van der Waals surface area contributed by atoms with Crippen molar-refractivity contribution in [2.75, 3.05) is 6.61 Å². The van der Waals surface area contributed by atoms with Gasteiger partial charge in [-0.1, -0.05) is 0 Å². The Kier molecular flexibility index (Phi) is 5.41. The van der Waals surface area contributed by atoms with Crippen LogP contribution in [0.5, 0.6) is 0 Å². The van der Waals surface area contributed by atoms with Gasteiger partial charge in [-0.05, 0) is 20.8 Å². The SMILES string of the molecule is CC(C)OC(CO)C(O)[C@@H](C)O. The van der Waals surface area contributed by atoms with E-state index >= 15 is 0 Å². The van der Waals surface area contributed by atoms with Crippen LogP contribution < -0.4 is 0 Å². The number of hydrogen-bond donors (Lipinski definition) is 3. The summed E-state index contributed by atoms with van der Waals surface area (Å²) < 4.78 is 5.16. The molecule has 0 heterocycles. The van der Waals surface area contributed by atoms with E-state index < -0.39 is 18.3 Å². The summed E-state index contributed by atoms with van der Waals surface area (Å²) in [4.78, 5) is 0. The van der Waals surface area contributed by atoms with Crippen LogP contribution in [-0.2, 0) is 4.74 Å². The summed E-state index contributed by atoms with van der Waals surface area (Å²) in [7, 11) is 0. The lowest BCUT2D eigenvalue weighted by atomic mass is 10.1. The first-order valence-electron chi connectivity index (χ1n) is 4.11. The molecule has 0 aliphatic heterocycles. The van der Waals surface area contributed by atoms with Crippen LogP contribution in [0.2, 0.25) is 0 Å². The zero-order chi connectivity index (χ0) is 9.72. The predicted molar refractivity (Wildman–Crippen MR) is 44.8 cm³/mol. The lowest BCUT2D eigenvalue weighted by Crippen LogP contribution is -2.41. The molecule has 2 unspecified atom stereocenters. The van der Waals surface area contributed by atoms with Gasteiger partial charge in [0.2, 0.25) is 0 Å². The zero-order valence-electron chi connectivity index (χ0n) is 7.77. The molecule has 0 amide bonds. The molecule has 0 saturated carbocycles. The third-order valence-electron chi connectivity index (χ3n) is 1.50. The van der Waals surface area contributed by atoms with E-state index in [1.54, 1.807) is 13.8 Å². The van der Waals surface area contributed by atoms with Crippen molar-refractivity contribution in [3.63, 3.8) is 0 Å². The minimum atomic E-state index is -1.03. The van der Waals surface area contributed by atoms with Crippen LogP contribution in [0, 0.1) is 0 Å². The lowest BCUT2D eigenvalue weighted by molar-refractivity contribution is -0.119. The average molecular weight is 178 g/mol. The first-order valence-corrected chi connectivity index (χ1v) is 4.11. The molecule has 4 nitrogen and oxygen atoms in total. The minimum absolute atomic E-state index is 0.0736. The van der Waals surface area contributed by atoms with Crippen molar-refractivity contribution >= 4 is 0 Å². The van der Waals surface area contributed by atoms with Crippen LogP contribution in [0.15, 0.2) is 0 Å². The molecule has 0 aromatic carbocycles. The van der Waals surface area contributed by atoms with E-state index in [1.807, 2.05) is 0 Å². The summed E-state index contributed by atoms with van der Waals surface area (Å²) in [6.45, 7) is 4.77. The monoisotopic (exact) mass is 178 g/mol. The highest BCUT2D eigenvalue weighted by atomic mass is 16.5. The second-order valence-corrected chi connectivity index (χ2v) is 3.14. The van der Waals surface area contributed by atoms with Crippen molar-refractivity contribution in [3.8, 4) is 0 Å². The van der Waals surface area contributed by atoms with Crippen LogP contribution in [0.25, 0.3) is 0 Å². The Bertz CT molecular complexity index is 114. The molecule has 0 aromatic heterocycles. The van der Waals surface area contributed by atoms with Crippen molar-refractivity contribution < 1.29 is 20.1 Å². The summed E-state index contributed by atoms with van der Waals surface area (Å²) in [5.74, 6) is 0. The molecule has 3 N–H and O–H groups in total. The van der Waals surface area contributed by atoms with Gasteiger partial charge in [0.15, 0.2) is 0 Å². The van der Waals surface area contributed by atoms with Gasteiger partial charge in [0.25, 0.3) is 0 Å². The molecule has 4 heteroatoms. The van der Waals surface area contributed by atoms with Crippen molar-refractivity contribution in [2.45, 2.75) is 45.2 Å². The Morgan fingerprint density at radius 3 is 1.92 bits per heavy atom. The molecule has 0 bridgehead atoms. The molecule has 0 rings (SSSR count). The van der Waals surface area contributed by atoms with Gasteiger partial charge in [-0.3, -0.25) is 0 Å². The normalized spacial score (nSPS) is 19.2. The highest BCUT2D eigenvalue weighted by molar-refractivity contribution is 4.73. The third-order valence-corrected chi connectivity index (χ3v) is 1.50. The smallest absolute Gasteiger partial charge is 0.109 e. The van der Waals surface area contributed by atoms with Crippen LogP contribution >= 0.6 is 0 Å². The summed E-state index contributed by atoms with van der Waals surface area (Å²) >= 11 is 0. The van der Waals surface area contributed by atoms with Gasteiger partial charge in [0.05, 0.1) is 18.8 Å². The van der Waals surface area contributed by atoms with Gasteiger partial charge in [0, 0.05) is 0 Å².